The third-order valence-electron chi connectivity index (χ3n) is 2.97. The highest BCUT2D eigenvalue weighted by Crippen LogP contribution is 2.27. The smallest absolute Gasteiger partial charge is 0.196 e. The summed E-state index contributed by atoms with van der Waals surface area (Å²) in [4.78, 5) is 17.3. The van der Waals surface area contributed by atoms with Crippen LogP contribution in [0, 0.1) is 25.2 Å². The lowest BCUT2D eigenvalue weighted by Crippen LogP contribution is -2.11. The van der Waals surface area contributed by atoms with E-state index in [1.165, 1.54) is 11.3 Å². The van der Waals surface area contributed by atoms with Crippen molar-refractivity contribution in [2.45, 2.75) is 19.8 Å². The number of aromatic nitrogens is 1. The molecule has 0 aliphatic rings. The summed E-state index contributed by atoms with van der Waals surface area (Å²) < 4.78 is 5.07. The molecule has 1 aromatic carbocycles. The minimum Gasteiger partial charge on any atom is -0.497 e. The number of carbonyl (C=O) groups is 1. The first-order valence-corrected chi connectivity index (χ1v) is 6.90. The molecule has 0 spiro atoms. The Morgan fingerprint density at radius 2 is 2.00 bits per heavy atom. The van der Waals surface area contributed by atoms with Crippen LogP contribution in [0.15, 0.2) is 24.3 Å². The number of methoxy groups -OCH3 is 1. The van der Waals surface area contributed by atoms with Crippen molar-refractivity contribution in [3.05, 3.63) is 45.4 Å². The molecule has 4 nitrogen and oxygen atoms in total. The first-order valence-electron chi connectivity index (χ1n) is 6.08. The summed E-state index contributed by atoms with van der Waals surface area (Å²) in [6, 6.07) is 9.06. The summed E-state index contributed by atoms with van der Waals surface area (Å²) in [6.07, 6.45) is 0. The van der Waals surface area contributed by atoms with Crippen molar-refractivity contribution in [3.8, 4) is 11.8 Å². The Kier molecular flexibility index (Phi) is 4.16. The van der Waals surface area contributed by atoms with Gasteiger partial charge in [0.05, 0.1) is 28.8 Å². The molecule has 0 fully saturated rings. The molecule has 0 saturated heterocycles. The van der Waals surface area contributed by atoms with E-state index >= 15 is 0 Å². The maximum Gasteiger partial charge on any atom is 0.196 e. The number of benzene rings is 1. The minimum atomic E-state index is -0.806. The van der Waals surface area contributed by atoms with Gasteiger partial charge in [0.1, 0.15) is 11.7 Å². The fraction of sp³-hybridized carbons (Fsp3) is 0.267. The predicted molar refractivity (Wildman–Crippen MR) is 77.3 cm³/mol. The summed E-state index contributed by atoms with van der Waals surface area (Å²) in [5.74, 6) is -0.303. The van der Waals surface area contributed by atoms with Gasteiger partial charge in [-0.1, -0.05) is 12.1 Å². The Bertz CT molecular complexity index is 668. The zero-order valence-corrected chi connectivity index (χ0v) is 12.3. The summed E-state index contributed by atoms with van der Waals surface area (Å²) in [6.45, 7) is 3.64. The van der Waals surface area contributed by atoms with Crippen LogP contribution in [0.3, 0.4) is 0 Å². The van der Waals surface area contributed by atoms with Crippen LogP contribution in [-0.4, -0.2) is 17.9 Å². The van der Waals surface area contributed by atoms with Gasteiger partial charge in [-0.05, 0) is 31.5 Å². The molecule has 1 aromatic heterocycles. The topological polar surface area (TPSA) is 63.0 Å². The molecule has 20 heavy (non-hydrogen) atoms. The molecule has 0 N–H and O–H groups in total. The van der Waals surface area contributed by atoms with Gasteiger partial charge in [-0.15, -0.1) is 11.3 Å². The van der Waals surface area contributed by atoms with Crippen LogP contribution >= 0.6 is 11.3 Å². The molecule has 2 rings (SSSR count). The number of rotatable bonds is 4. The second-order valence-electron chi connectivity index (χ2n) is 4.35. The van der Waals surface area contributed by atoms with Gasteiger partial charge in [0.25, 0.3) is 0 Å². The van der Waals surface area contributed by atoms with Gasteiger partial charge < -0.3 is 4.74 Å². The van der Waals surface area contributed by atoms with E-state index in [9.17, 15) is 10.1 Å². The average Bonchev–Trinajstić information content (AvgIpc) is 2.79. The summed E-state index contributed by atoms with van der Waals surface area (Å²) >= 11 is 1.33. The summed E-state index contributed by atoms with van der Waals surface area (Å²) in [7, 11) is 1.57. The number of aryl methyl sites for hydroxylation is 2. The Hall–Kier alpha value is -2.19. The SMILES string of the molecule is COc1ccc(C(C#N)C(=O)c2sc(C)nc2C)cc1. The largest absolute Gasteiger partial charge is 0.497 e. The minimum absolute atomic E-state index is 0.194. The normalized spacial score (nSPS) is 11.7. The second kappa shape index (κ2) is 5.85. The van der Waals surface area contributed by atoms with Gasteiger partial charge in [-0.3, -0.25) is 4.79 Å². The van der Waals surface area contributed by atoms with Crippen LogP contribution < -0.4 is 4.74 Å². The van der Waals surface area contributed by atoms with E-state index in [0.717, 1.165) is 5.01 Å². The van der Waals surface area contributed by atoms with Gasteiger partial charge in [-0.25, -0.2) is 4.98 Å². The van der Waals surface area contributed by atoms with Gasteiger partial charge in [0.15, 0.2) is 5.78 Å². The molecule has 0 aliphatic heterocycles. The lowest BCUT2D eigenvalue weighted by atomic mass is 9.95. The average molecular weight is 286 g/mol. The number of nitriles is 1. The number of nitrogens with zero attached hydrogens (tertiary/aromatic N) is 2. The summed E-state index contributed by atoms with van der Waals surface area (Å²) in [5, 5.41) is 10.1. The highest BCUT2D eigenvalue weighted by molar-refractivity contribution is 7.13. The first-order chi connectivity index (χ1) is 9.56. The lowest BCUT2D eigenvalue weighted by molar-refractivity contribution is 0.0982. The molecule has 0 amide bonds. The van der Waals surface area contributed by atoms with E-state index in [2.05, 4.69) is 11.1 Å². The fourth-order valence-electron chi connectivity index (χ4n) is 1.97. The van der Waals surface area contributed by atoms with Crippen LogP contribution in [-0.2, 0) is 0 Å². The van der Waals surface area contributed by atoms with Crippen LogP contribution in [0.2, 0.25) is 0 Å². The maximum absolute atomic E-state index is 12.5. The zero-order valence-electron chi connectivity index (χ0n) is 11.5. The van der Waals surface area contributed by atoms with E-state index in [4.69, 9.17) is 4.74 Å². The molecule has 0 bridgehead atoms. The van der Waals surface area contributed by atoms with E-state index in [-0.39, 0.29) is 5.78 Å². The van der Waals surface area contributed by atoms with Crippen LogP contribution in [0.25, 0.3) is 0 Å². The molecule has 0 aliphatic carbocycles. The van der Waals surface area contributed by atoms with Gasteiger partial charge in [0.2, 0.25) is 0 Å². The third kappa shape index (κ3) is 2.70. The van der Waals surface area contributed by atoms with Crippen molar-refractivity contribution in [1.29, 1.82) is 5.26 Å². The molecule has 102 valence electrons. The fourth-order valence-corrected chi connectivity index (χ4v) is 2.86. The predicted octanol–water partition coefficient (Wildman–Crippen LogP) is 3.26. The Balaban J connectivity index is 2.34. The molecule has 1 atom stereocenters. The molecular formula is C15H14N2O2S. The second-order valence-corrected chi connectivity index (χ2v) is 5.55. The van der Waals surface area contributed by atoms with Crippen LogP contribution in [0.1, 0.15) is 31.9 Å². The molecule has 1 heterocycles. The van der Waals surface area contributed by atoms with Crippen LogP contribution in [0.4, 0.5) is 0 Å². The third-order valence-corrected chi connectivity index (χ3v) is 4.06. The van der Waals surface area contributed by atoms with Crippen molar-refractivity contribution in [2.24, 2.45) is 0 Å². The number of Topliss-reactive ketones (excluding diaryl/α,β-unsaturated/α-hetero) is 1. The summed E-state index contributed by atoms with van der Waals surface area (Å²) in [5.41, 5.74) is 1.36. The number of thiazole rings is 1. The Morgan fingerprint density at radius 3 is 2.45 bits per heavy atom. The standard InChI is InChI=1S/C15H14N2O2S/c1-9-15(20-10(2)17-9)14(18)13(8-16)11-4-6-12(19-3)7-5-11/h4-7,13H,1-3H3. The van der Waals surface area contributed by atoms with Gasteiger partial charge >= 0.3 is 0 Å². The first kappa shape index (κ1) is 14.2. The van der Waals surface area contributed by atoms with E-state index in [1.54, 1.807) is 38.3 Å². The van der Waals surface area contributed by atoms with Gasteiger partial charge in [0, 0.05) is 0 Å². The number of ketones is 1. The van der Waals surface area contributed by atoms with Crippen molar-refractivity contribution in [1.82, 2.24) is 4.98 Å². The van der Waals surface area contributed by atoms with Crippen molar-refractivity contribution in [3.63, 3.8) is 0 Å². The van der Waals surface area contributed by atoms with Crippen molar-refractivity contribution in [2.75, 3.05) is 7.11 Å². The Labute approximate surface area is 121 Å². The molecule has 0 saturated carbocycles. The highest BCUT2D eigenvalue weighted by atomic mass is 32.1. The number of ether oxygens (including phenoxy) is 1. The highest BCUT2D eigenvalue weighted by Gasteiger charge is 2.25. The molecule has 2 aromatic rings. The number of hydrogen-bond acceptors (Lipinski definition) is 5. The number of hydrogen-bond donors (Lipinski definition) is 0. The van der Waals surface area contributed by atoms with E-state index in [0.29, 0.717) is 21.9 Å². The monoisotopic (exact) mass is 286 g/mol. The zero-order chi connectivity index (χ0) is 14.7. The maximum atomic E-state index is 12.5. The number of carbonyl (C=O) groups excluding carboxylic acids is 1. The molecule has 5 heteroatoms. The van der Waals surface area contributed by atoms with Crippen molar-refractivity contribution >= 4 is 17.1 Å². The molecular weight excluding hydrogens is 272 g/mol. The van der Waals surface area contributed by atoms with E-state index < -0.39 is 5.92 Å². The van der Waals surface area contributed by atoms with E-state index in [1.807, 2.05) is 6.92 Å². The quantitative estimate of drug-likeness (QED) is 0.809. The van der Waals surface area contributed by atoms with Crippen LogP contribution in [0.5, 0.6) is 5.75 Å². The molecule has 1 unspecified atom stereocenters. The van der Waals surface area contributed by atoms with Gasteiger partial charge in [-0.2, -0.15) is 5.26 Å². The molecule has 0 radical (unpaired) electrons. The lowest BCUT2D eigenvalue weighted by Gasteiger charge is -2.08. The van der Waals surface area contributed by atoms with Crippen molar-refractivity contribution < 1.29 is 9.53 Å². The Morgan fingerprint density at radius 1 is 1.35 bits per heavy atom.